The van der Waals surface area contributed by atoms with Crippen LogP contribution >= 0.6 is 22.9 Å². The van der Waals surface area contributed by atoms with Crippen LogP contribution in [-0.4, -0.2) is 25.3 Å². The standard InChI is InChI=1S/C18H14ClN3O4S/c1-25-13-8-10(9-21-22-18(20)24)6-7-12(13)26-17(23)16-15(19)11-4-2-3-5-14(11)27-16/h2-9H,1H3,(H3,20,22,24)/b21-9-. The number of benzene rings is 2. The highest BCUT2D eigenvalue weighted by atomic mass is 35.5. The Morgan fingerprint density at radius 1 is 1.22 bits per heavy atom. The number of esters is 1. The van der Waals surface area contributed by atoms with E-state index in [0.717, 1.165) is 10.1 Å². The summed E-state index contributed by atoms with van der Waals surface area (Å²) in [6.07, 6.45) is 1.38. The Hall–Kier alpha value is -3.10. The van der Waals surface area contributed by atoms with Crippen molar-refractivity contribution in [2.45, 2.75) is 0 Å². The highest BCUT2D eigenvalue weighted by Crippen LogP contribution is 2.36. The van der Waals surface area contributed by atoms with Crippen LogP contribution in [0.1, 0.15) is 15.2 Å². The maximum Gasteiger partial charge on any atom is 0.355 e. The van der Waals surface area contributed by atoms with Crippen LogP contribution < -0.4 is 20.6 Å². The fourth-order valence-corrected chi connectivity index (χ4v) is 3.70. The molecule has 9 heteroatoms. The van der Waals surface area contributed by atoms with E-state index in [1.165, 1.54) is 24.7 Å². The van der Waals surface area contributed by atoms with Crippen LogP contribution in [0.5, 0.6) is 11.5 Å². The third kappa shape index (κ3) is 4.18. The molecule has 138 valence electrons. The molecule has 7 nitrogen and oxygen atoms in total. The Balaban J connectivity index is 1.83. The molecule has 1 aromatic heterocycles. The molecule has 2 aromatic carbocycles. The number of ether oxygens (including phenoxy) is 2. The summed E-state index contributed by atoms with van der Waals surface area (Å²) in [5.41, 5.74) is 7.63. The van der Waals surface area contributed by atoms with E-state index in [1.807, 2.05) is 24.3 Å². The van der Waals surface area contributed by atoms with Crippen LogP contribution in [0.2, 0.25) is 5.02 Å². The molecule has 1 heterocycles. The monoisotopic (exact) mass is 403 g/mol. The molecular formula is C18H14ClN3O4S. The van der Waals surface area contributed by atoms with Crippen molar-refractivity contribution in [3.8, 4) is 11.5 Å². The third-order valence-corrected chi connectivity index (χ3v) is 5.15. The van der Waals surface area contributed by atoms with Crippen LogP contribution in [0.25, 0.3) is 10.1 Å². The van der Waals surface area contributed by atoms with Gasteiger partial charge in [-0.1, -0.05) is 29.8 Å². The summed E-state index contributed by atoms with van der Waals surface area (Å²) in [5.74, 6) is -0.0176. The summed E-state index contributed by atoms with van der Waals surface area (Å²) < 4.78 is 11.6. The Bertz CT molecular complexity index is 1050. The van der Waals surface area contributed by atoms with Crippen molar-refractivity contribution in [3.05, 3.63) is 57.9 Å². The van der Waals surface area contributed by atoms with Crippen molar-refractivity contribution in [2.75, 3.05) is 7.11 Å². The molecule has 3 aromatic rings. The molecular weight excluding hydrogens is 390 g/mol. The van der Waals surface area contributed by atoms with E-state index in [1.54, 1.807) is 18.2 Å². The minimum atomic E-state index is -0.774. The highest BCUT2D eigenvalue weighted by molar-refractivity contribution is 7.21. The second-order valence-corrected chi connectivity index (χ2v) is 6.71. The number of hydrazone groups is 1. The first kappa shape index (κ1) is 18.7. The first-order valence-electron chi connectivity index (χ1n) is 7.65. The number of nitrogens with zero attached hydrogens (tertiary/aromatic N) is 1. The molecule has 0 aliphatic heterocycles. The van der Waals surface area contributed by atoms with Gasteiger partial charge in [-0.2, -0.15) is 5.10 Å². The number of hydrogen-bond acceptors (Lipinski definition) is 6. The summed E-state index contributed by atoms with van der Waals surface area (Å²) in [4.78, 5) is 23.5. The van der Waals surface area contributed by atoms with E-state index < -0.39 is 12.0 Å². The lowest BCUT2D eigenvalue weighted by Crippen LogP contribution is -2.24. The summed E-state index contributed by atoms with van der Waals surface area (Å²) in [6.45, 7) is 0. The predicted octanol–water partition coefficient (Wildman–Crippen LogP) is 3.78. The van der Waals surface area contributed by atoms with Crippen molar-refractivity contribution in [1.29, 1.82) is 0 Å². The van der Waals surface area contributed by atoms with Gasteiger partial charge in [0.1, 0.15) is 4.88 Å². The van der Waals surface area contributed by atoms with Gasteiger partial charge in [0.25, 0.3) is 0 Å². The van der Waals surface area contributed by atoms with E-state index in [2.05, 4.69) is 10.5 Å². The molecule has 0 aliphatic carbocycles. The lowest BCUT2D eigenvalue weighted by molar-refractivity contribution is 0.0735. The minimum absolute atomic E-state index is 0.232. The second kappa shape index (κ2) is 8.07. The quantitative estimate of drug-likeness (QED) is 0.293. The van der Waals surface area contributed by atoms with Crippen LogP contribution in [0, 0.1) is 0 Å². The number of halogens is 1. The number of fused-ring (bicyclic) bond motifs is 1. The van der Waals surface area contributed by atoms with Gasteiger partial charge in [0.15, 0.2) is 11.5 Å². The average Bonchev–Trinajstić information content (AvgIpc) is 2.99. The van der Waals surface area contributed by atoms with Gasteiger partial charge in [-0.15, -0.1) is 11.3 Å². The van der Waals surface area contributed by atoms with Crippen LogP contribution in [0.15, 0.2) is 47.6 Å². The van der Waals surface area contributed by atoms with Gasteiger partial charge in [-0.3, -0.25) is 0 Å². The van der Waals surface area contributed by atoms with E-state index in [-0.39, 0.29) is 5.75 Å². The van der Waals surface area contributed by atoms with Crippen molar-refractivity contribution < 1.29 is 19.1 Å². The Morgan fingerprint density at radius 3 is 2.70 bits per heavy atom. The number of carbonyl (C=O) groups is 2. The number of carbonyl (C=O) groups excluding carboxylic acids is 2. The van der Waals surface area contributed by atoms with Gasteiger partial charge in [0.2, 0.25) is 0 Å². The average molecular weight is 404 g/mol. The molecule has 3 rings (SSSR count). The number of thiophene rings is 1. The van der Waals surface area contributed by atoms with Gasteiger partial charge >= 0.3 is 12.0 Å². The zero-order valence-electron chi connectivity index (χ0n) is 14.1. The molecule has 0 unspecified atom stereocenters. The van der Waals surface area contributed by atoms with Gasteiger partial charge in [0, 0.05) is 10.1 Å². The lowest BCUT2D eigenvalue weighted by Gasteiger charge is -2.09. The van der Waals surface area contributed by atoms with E-state index in [0.29, 0.717) is 21.2 Å². The molecule has 2 amide bonds. The molecule has 0 radical (unpaired) electrons. The largest absolute Gasteiger partial charge is 0.493 e. The van der Waals surface area contributed by atoms with Crippen LogP contribution in [0.3, 0.4) is 0 Å². The molecule has 0 saturated heterocycles. The molecule has 0 atom stereocenters. The molecule has 27 heavy (non-hydrogen) atoms. The van der Waals surface area contributed by atoms with Crippen molar-refractivity contribution in [3.63, 3.8) is 0 Å². The smallest absolute Gasteiger partial charge is 0.355 e. The third-order valence-electron chi connectivity index (χ3n) is 3.50. The van der Waals surface area contributed by atoms with E-state index in [4.69, 9.17) is 26.8 Å². The SMILES string of the molecule is COc1cc(/C=N\NC(N)=O)ccc1OC(=O)c1sc2ccccc2c1Cl. The summed E-state index contributed by atoms with van der Waals surface area (Å²) in [5, 5.41) is 4.83. The van der Waals surface area contributed by atoms with Gasteiger partial charge in [-0.25, -0.2) is 15.0 Å². The molecule has 0 saturated carbocycles. The van der Waals surface area contributed by atoms with Gasteiger partial charge in [-0.05, 0) is 29.8 Å². The maximum absolute atomic E-state index is 12.6. The number of hydrogen-bond donors (Lipinski definition) is 2. The number of nitrogens with two attached hydrogens (primary N) is 1. The fraction of sp³-hybridized carbons (Fsp3) is 0.0556. The summed E-state index contributed by atoms with van der Waals surface area (Å²) in [7, 11) is 1.45. The Morgan fingerprint density at radius 2 is 2.00 bits per heavy atom. The summed E-state index contributed by atoms with van der Waals surface area (Å²) >= 11 is 7.58. The zero-order valence-corrected chi connectivity index (χ0v) is 15.6. The Kier molecular flexibility index (Phi) is 5.58. The van der Waals surface area contributed by atoms with Crippen molar-refractivity contribution in [2.24, 2.45) is 10.8 Å². The predicted molar refractivity (Wildman–Crippen MR) is 105 cm³/mol. The number of nitrogens with one attached hydrogen (secondary N) is 1. The summed E-state index contributed by atoms with van der Waals surface area (Å²) in [6, 6.07) is 11.5. The minimum Gasteiger partial charge on any atom is -0.493 e. The van der Waals surface area contributed by atoms with Crippen molar-refractivity contribution >= 4 is 51.2 Å². The molecule has 0 aliphatic rings. The van der Waals surface area contributed by atoms with E-state index in [9.17, 15) is 9.59 Å². The molecule has 3 N–H and O–H groups in total. The normalized spacial score (nSPS) is 10.9. The number of primary amides is 1. The van der Waals surface area contributed by atoms with Gasteiger partial charge < -0.3 is 15.2 Å². The fourth-order valence-electron chi connectivity index (χ4n) is 2.31. The topological polar surface area (TPSA) is 103 Å². The van der Waals surface area contributed by atoms with Crippen molar-refractivity contribution in [1.82, 2.24) is 5.43 Å². The molecule has 0 fully saturated rings. The maximum atomic E-state index is 12.6. The number of methoxy groups -OCH3 is 1. The number of urea groups is 1. The lowest BCUT2D eigenvalue weighted by atomic mass is 10.2. The first-order chi connectivity index (χ1) is 13.0. The molecule has 0 bridgehead atoms. The Labute approximate surface area is 163 Å². The van der Waals surface area contributed by atoms with Crippen LogP contribution in [0.4, 0.5) is 4.79 Å². The highest BCUT2D eigenvalue weighted by Gasteiger charge is 2.20. The second-order valence-electron chi connectivity index (χ2n) is 5.28. The zero-order chi connectivity index (χ0) is 19.4. The molecule has 0 spiro atoms. The van der Waals surface area contributed by atoms with Crippen LogP contribution in [-0.2, 0) is 0 Å². The van der Waals surface area contributed by atoms with E-state index >= 15 is 0 Å². The number of rotatable bonds is 5. The first-order valence-corrected chi connectivity index (χ1v) is 8.85. The number of amides is 2. The van der Waals surface area contributed by atoms with Gasteiger partial charge in [0.05, 0.1) is 18.3 Å².